The van der Waals surface area contributed by atoms with Crippen molar-refractivity contribution in [2.75, 3.05) is 24.1 Å². The van der Waals surface area contributed by atoms with E-state index in [2.05, 4.69) is 10.3 Å². The van der Waals surface area contributed by atoms with Gasteiger partial charge in [-0.25, -0.2) is 9.37 Å². The van der Waals surface area contributed by atoms with Crippen LogP contribution < -0.4 is 11.1 Å². The normalized spacial score (nSPS) is 18.7. The van der Waals surface area contributed by atoms with Gasteiger partial charge in [-0.05, 0) is 43.2 Å². The topological polar surface area (TPSA) is 109 Å². The highest BCUT2D eigenvalue weighted by molar-refractivity contribution is 6.39. The predicted molar refractivity (Wildman–Crippen MR) is 124 cm³/mol. The summed E-state index contributed by atoms with van der Waals surface area (Å²) in [6.07, 6.45) is 1.38. The van der Waals surface area contributed by atoms with E-state index in [1.807, 2.05) is 27.7 Å². The molecule has 0 aliphatic carbocycles. The van der Waals surface area contributed by atoms with Gasteiger partial charge in [0.1, 0.15) is 11.6 Å². The van der Waals surface area contributed by atoms with Crippen molar-refractivity contribution in [2.24, 2.45) is 5.41 Å². The van der Waals surface area contributed by atoms with Crippen LogP contribution in [0.25, 0.3) is 0 Å². The molecule has 1 aliphatic rings. The number of nitrogens with two attached hydrogens (primary N) is 1. The van der Waals surface area contributed by atoms with Crippen LogP contribution in [0, 0.1) is 18.2 Å². The van der Waals surface area contributed by atoms with Crippen molar-refractivity contribution in [3.8, 4) is 0 Å². The number of piperazine rings is 1. The molecular formula is C24H30FN5O3. The van der Waals surface area contributed by atoms with Crippen molar-refractivity contribution in [2.45, 2.75) is 46.7 Å². The molecule has 2 atom stereocenters. The van der Waals surface area contributed by atoms with Gasteiger partial charge in [-0.3, -0.25) is 14.4 Å². The van der Waals surface area contributed by atoms with Gasteiger partial charge < -0.3 is 20.9 Å². The van der Waals surface area contributed by atoms with Crippen molar-refractivity contribution >= 4 is 29.2 Å². The summed E-state index contributed by atoms with van der Waals surface area (Å²) in [4.78, 5) is 46.2. The Kier molecular flexibility index (Phi) is 6.71. The Labute approximate surface area is 193 Å². The fourth-order valence-corrected chi connectivity index (χ4v) is 3.85. The number of rotatable bonds is 2. The third-order valence-corrected chi connectivity index (χ3v) is 5.73. The quantitative estimate of drug-likeness (QED) is 0.677. The molecule has 9 heteroatoms. The van der Waals surface area contributed by atoms with Crippen molar-refractivity contribution in [3.05, 3.63) is 53.5 Å². The molecule has 1 fully saturated rings. The van der Waals surface area contributed by atoms with Crippen molar-refractivity contribution in [1.82, 2.24) is 14.8 Å². The highest BCUT2D eigenvalue weighted by Gasteiger charge is 2.41. The second kappa shape index (κ2) is 9.17. The molecule has 3 amide bonds. The second-order valence-electron chi connectivity index (χ2n) is 9.46. The Hall–Kier alpha value is -3.49. The van der Waals surface area contributed by atoms with E-state index < -0.39 is 29.1 Å². The number of halogens is 1. The summed E-state index contributed by atoms with van der Waals surface area (Å²) in [6, 6.07) is 6.47. The minimum Gasteiger partial charge on any atom is -0.383 e. The van der Waals surface area contributed by atoms with Gasteiger partial charge in [0.15, 0.2) is 0 Å². The Morgan fingerprint density at radius 1 is 1.12 bits per heavy atom. The summed E-state index contributed by atoms with van der Waals surface area (Å²) in [6.45, 7) is 9.46. The molecule has 3 N–H and O–H groups in total. The van der Waals surface area contributed by atoms with E-state index in [4.69, 9.17) is 5.73 Å². The van der Waals surface area contributed by atoms with Crippen LogP contribution in [0.2, 0.25) is 0 Å². The van der Waals surface area contributed by atoms with E-state index in [1.165, 1.54) is 23.2 Å². The van der Waals surface area contributed by atoms with Crippen LogP contribution in [-0.4, -0.2) is 51.6 Å². The van der Waals surface area contributed by atoms with E-state index in [1.54, 1.807) is 30.0 Å². The van der Waals surface area contributed by atoms with Crippen molar-refractivity contribution < 1.29 is 18.8 Å². The smallest absolute Gasteiger partial charge is 0.313 e. The summed E-state index contributed by atoms with van der Waals surface area (Å²) < 4.78 is 13.5. The third kappa shape index (κ3) is 5.30. The van der Waals surface area contributed by atoms with E-state index >= 15 is 0 Å². The van der Waals surface area contributed by atoms with Gasteiger partial charge in [0, 0.05) is 24.5 Å². The molecule has 2 heterocycles. The number of aromatic nitrogens is 1. The molecule has 176 valence electrons. The number of nitrogen functional groups attached to an aromatic ring is 1. The molecule has 0 spiro atoms. The molecule has 2 aromatic rings. The number of nitrogens with one attached hydrogen (secondary N) is 1. The summed E-state index contributed by atoms with van der Waals surface area (Å²) >= 11 is 0. The van der Waals surface area contributed by atoms with Crippen LogP contribution in [0.1, 0.15) is 44.9 Å². The van der Waals surface area contributed by atoms with Gasteiger partial charge in [-0.1, -0.05) is 32.9 Å². The van der Waals surface area contributed by atoms with Crippen molar-refractivity contribution in [1.29, 1.82) is 0 Å². The maximum Gasteiger partial charge on any atom is 0.313 e. The largest absolute Gasteiger partial charge is 0.383 e. The number of nitrogens with zero attached hydrogens (tertiary/aromatic N) is 3. The highest BCUT2D eigenvalue weighted by atomic mass is 19.1. The molecule has 1 aliphatic heterocycles. The minimum atomic E-state index is -0.823. The number of pyridine rings is 1. The first-order chi connectivity index (χ1) is 15.4. The van der Waals surface area contributed by atoms with Gasteiger partial charge in [0.05, 0.1) is 17.9 Å². The van der Waals surface area contributed by atoms with Crippen LogP contribution in [0.5, 0.6) is 0 Å². The molecular weight excluding hydrogens is 425 g/mol. The third-order valence-electron chi connectivity index (χ3n) is 5.73. The molecule has 1 aromatic carbocycles. The Bertz CT molecular complexity index is 1060. The SMILES string of the molecule is Cc1cc(NC(=O)C(=O)N2C[C@H](C)N(C(=O)C(C)(C)C)CC2c2ccc(F)cc2)cnc1N. The number of carbonyl (C=O) groups excluding carboxylic acids is 3. The number of amides is 3. The lowest BCUT2D eigenvalue weighted by Gasteiger charge is -2.46. The number of hydrogen-bond donors (Lipinski definition) is 2. The first-order valence-electron chi connectivity index (χ1n) is 10.8. The standard InChI is InChI=1S/C24H30FN5O3/c1-14-10-18(11-27-20(14)26)28-21(31)22(32)30-12-15(2)29(23(33)24(3,4)5)13-19(30)16-6-8-17(25)9-7-16/h6-11,15,19H,12-13H2,1-5H3,(H2,26,27)(H,28,31)/t15-,19?/m0/s1. The molecule has 8 nitrogen and oxygen atoms in total. The maximum absolute atomic E-state index is 13.5. The van der Waals surface area contributed by atoms with E-state index in [0.717, 1.165) is 0 Å². The van der Waals surface area contributed by atoms with Gasteiger partial charge in [-0.2, -0.15) is 0 Å². The van der Waals surface area contributed by atoms with Crippen LogP contribution in [0.4, 0.5) is 15.9 Å². The molecule has 3 rings (SSSR count). The average Bonchev–Trinajstić information content (AvgIpc) is 2.75. The zero-order valence-electron chi connectivity index (χ0n) is 19.6. The van der Waals surface area contributed by atoms with Gasteiger partial charge in [0.2, 0.25) is 5.91 Å². The van der Waals surface area contributed by atoms with Crippen LogP contribution in [0.3, 0.4) is 0 Å². The Balaban J connectivity index is 1.89. The van der Waals surface area contributed by atoms with Crippen molar-refractivity contribution in [3.63, 3.8) is 0 Å². The number of anilines is 2. The summed E-state index contributed by atoms with van der Waals surface area (Å²) in [5.74, 6) is -1.69. The lowest BCUT2D eigenvalue weighted by Crippen LogP contribution is -2.60. The number of aryl methyl sites for hydroxylation is 1. The van der Waals surface area contributed by atoms with Gasteiger partial charge in [0.25, 0.3) is 0 Å². The molecule has 1 unspecified atom stereocenters. The summed E-state index contributed by atoms with van der Waals surface area (Å²) in [5.41, 5.74) is 6.78. The molecule has 1 saturated heterocycles. The van der Waals surface area contributed by atoms with Crippen LogP contribution in [0.15, 0.2) is 36.5 Å². The van der Waals surface area contributed by atoms with Crippen LogP contribution >= 0.6 is 0 Å². The molecule has 1 aromatic heterocycles. The first kappa shape index (κ1) is 24.2. The Morgan fingerprint density at radius 2 is 1.76 bits per heavy atom. The van der Waals surface area contributed by atoms with Crippen LogP contribution in [-0.2, 0) is 14.4 Å². The van der Waals surface area contributed by atoms with Gasteiger partial charge >= 0.3 is 11.8 Å². The lowest BCUT2D eigenvalue weighted by molar-refractivity contribution is -0.154. The molecule has 0 saturated carbocycles. The molecule has 0 bridgehead atoms. The number of benzene rings is 1. The highest BCUT2D eigenvalue weighted by Crippen LogP contribution is 2.31. The number of carbonyl (C=O) groups is 3. The summed E-state index contributed by atoms with van der Waals surface area (Å²) in [5, 5.41) is 2.57. The molecule has 0 radical (unpaired) electrons. The van der Waals surface area contributed by atoms with E-state index in [-0.39, 0.29) is 25.0 Å². The predicted octanol–water partition coefficient (Wildman–Crippen LogP) is 2.90. The second-order valence-corrected chi connectivity index (χ2v) is 9.46. The fourth-order valence-electron chi connectivity index (χ4n) is 3.85. The number of hydrogen-bond acceptors (Lipinski definition) is 5. The zero-order valence-corrected chi connectivity index (χ0v) is 19.6. The maximum atomic E-state index is 13.5. The summed E-state index contributed by atoms with van der Waals surface area (Å²) in [7, 11) is 0. The monoisotopic (exact) mass is 455 g/mol. The van der Waals surface area contributed by atoms with E-state index in [0.29, 0.717) is 22.6 Å². The molecule has 33 heavy (non-hydrogen) atoms. The first-order valence-corrected chi connectivity index (χ1v) is 10.8. The fraction of sp³-hybridized carbons (Fsp3) is 0.417. The van der Waals surface area contributed by atoms with E-state index in [9.17, 15) is 18.8 Å². The zero-order chi connectivity index (χ0) is 24.5. The van der Waals surface area contributed by atoms with Gasteiger partial charge in [-0.15, -0.1) is 0 Å². The Morgan fingerprint density at radius 3 is 2.33 bits per heavy atom. The average molecular weight is 456 g/mol. The minimum absolute atomic E-state index is 0.0536. The lowest BCUT2D eigenvalue weighted by atomic mass is 9.91.